The van der Waals surface area contributed by atoms with Crippen LogP contribution in [0.15, 0.2) is 35.9 Å². The standard InChI is InChI=1S/C33H43N5/c1-7-22(20(2)3)9-8-21(4)27-12-13-28-26-11-10-25-17-30-23(16-24(19-34)31-35-36-37-38(30)31)18-33(25,6)29(26)14-15-32(27,28)5/h8-11,16-17,20-22,26-29H,7,12-15,18H2,1-6H3/t21-,22-,26+,27-,28+,29+,32-,33+/m1/s1. The first-order chi connectivity index (χ1) is 18.2. The maximum atomic E-state index is 9.76. The van der Waals surface area contributed by atoms with Gasteiger partial charge in [-0.05, 0) is 119 Å². The number of allylic oxidation sites excluding steroid dienone is 5. The van der Waals surface area contributed by atoms with Crippen LogP contribution in [-0.4, -0.2) is 20.0 Å². The highest BCUT2D eigenvalue weighted by molar-refractivity contribution is 5.68. The number of rotatable bonds is 5. The molecule has 0 spiro atoms. The van der Waals surface area contributed by atoms with E-state index in [1.54, 1.807) is 4.52 Å². The Morgan fingerprint density at radius 3 is 2.71 bits per heavy atom. The molecule has 2 aromatic heterocycles. The highest BCUT2D eigenvalue weighted by Crippen LogP contribution is 2.66. The summed E-state index contributed by atoms with van der Waals surface area (Å²) >= 11 is 0. The van der Waals surface area contributed by atoms with Gasteiger partial charge < -0.3 is 0 Å². The molecular formula is C33H43N5. The fraction of sp³-hybridized carbons (Fsp3) is 0.636. The zero-order valence-electron chi connectivity index (χ0n) is 24.0. The number of fused-ring (bicyclic) bond motifs is 8. The zero-order chi connectivity index (χ0) is 26.8. The molecule has 0 bridgehead atoms. The molecular weight excluding hydrogens is 466 g/mol. The van der Waals surface area contributed by atoms with Gasteiger partial charge in [0.25, 0.3) is 0 Å². The third kappa shape index (κ3) is 3.66. The van der Waals surface area contributed by atoms with Crippen molar-refractivity contribution in [3.05, 3.63) is 52.8 Å². The lowest BCUT2D eigenvalue weighted by Gasteiger charge is -2.56. The molecule has 2 aromatic rings. The van der Waals surface area contributed by atoms with Gasteiger partial charge in [-0.15, -0.1) is 5.10 Å². The molecule has 0 aliphatic heterocycles. The van der Waals surface area contributed by atoms with Crippen LogP contribution in [0.4, 0.5) is 0 Å². The average Bonchev–Trinajstić information content (AvgIpc) is 3.52. The molecule has 0 aromatic carbocycles. The minimum absolute atomic E-state index is 0.0807. The van der Waals surface area contributed by atoms with Crippen LogP contribution >= 0.6 is 0 Å². The minimum Gasteiger partial charge on any atom is -0.192 e. The van der Waals surface area contributed by atoms with Gasteiger partial charge in [0.2, 0.25) is 0 Å². The first-order valence-corrected chi connectivity index (χ1v) is 14.9. The molecule has 0 saturated heterocycles. The van der Waals surface area contributed by atoms with Crippen molar-refractivity contribution in [3.8, 4) is 6.07 Å². The summed E-state index contributed by atoms with van der Waals surface area (Å²) in [7, 11) is 0. The molecule has 4 aliphatic rings. The number of tetrazole rings is 1. The molecule has 0 amide bonds. The number of hydrogen-bond donors (Lipinski definition) is 0. The van der Waals surface area contributed by atoms with Crippen molar-refractivity contribution in [2.75, 3.05) is 0 Å². The van der Waals surface area contributed by atoms with Gasteiger partial charge in [0.1, 0.15) is 6.07 Å². The van der Waals surface area contributed by atoms with E-state index < -0.39 is 0 Å². The Kier molecular flexibility index (Phi) is 6.17. The summed E-state index contributed by atoms with van der Waals surface area (Å²) in [6.07, 6.45) is 19.9. The summed E-state index contributed by atoms with van der Waals surface area (Å²) in [6, 6.07) is 4.36. The van der Waals surface area contributed by atoms with E-state index in [0.29, 0.717) is 46.2 Å². The van der Waals surface area contributed by atoms with E-state index in [9.17, 15) is 5.26 Å². The van der Waals surface area contributed by atoms with Crippen molar-refractivity contribution in [1.82, 2.24) is 20.0 Å². The van der Waals surface area contributed by atoms with Crippen LogP contribution in [0.1, 0.15) is 90.5 Å². The number of hydrogen-bond acceptors (Lipinski definition) is 4. The quantitative estimate of drug-likeness (QED) is 0.393. The average molecular weight is 510 g/mol. The molecule has 0 N–H and O–H groups in total. The molecule has 0 radical (unpaired) electrons. The zero-order valence-corrected chi connectivity index (χ0v) is 24.0. The van der Waals surface area contributed by atoms with Gasteiger partial charge in [-0.2, -0.15) is 9.78 Å². The molecule has 5 heteroatoms. The molecule has 38 heavy (non-hydrogen) atoms. The van der Waals surface area contributed by atoms with Crippen LogP contribution in [0.3, 0.4) is 0 Å². The normalized spacial score (nSPS) is 35.4. The highest BCUT2D eigenvalue weighted by Gasteiger charge is 2.58. The van der Waals surface area contributed by atoms with Crippen molar-refractivity contribution in [3.63, 3.8) is 0 Å². The van der Waals surface area contributed by atoms with Crippen LogP contribution in [0, 0.1) is 63.6 Å². The SMILES string of the molecule is CC[C@H](C=C[C@@H](C)[C@H]1CC[C@H]2[C@@H]3C=CC4=Cc5c(cc(C#N)c6nnnn56)C[C@]4(C)[C@H]3CC[C@]12C)C(C)C. The number of aromatic nitrogens is 4. The summed E-state index contributed by atoms with van der Waals surface area (Å²) in [5, 5.41) is 22.0. The Hall–Kier alpha value is -2.74. The van der Waals surface area contributed by atoms with Crippen molar-refractivity contribution in [2.24, 2.45) is 52.3 Å². The Morgan fingerprint density at radius 1 is 1.16 bits per heavy atom. The lowest BCUT2D eigenvalue weighted by atomic mass is 9.48. The van der Waals surface area contributed by atoms with Crippen LogP contribution in [-0.2, 0) is 6.42 Å². The second-order valence-corrected chi connectivity index (χ2v) is 13.6. The van der Waals surface area contributed by atoms with Crippen molar-refractivity contribution in [2.45, 2.75) is 80.1 Å². The molecule has 200 valence electrons. The van der Waals surface area contributed by atoms with E-state index in [4.69, 9.17) is 0 Å². The van der Waals surface area contributed by atoms with Crippen LogP contribution in [0.2, 0.25) is 0 Å². The minimum atomic E-state index is 0.0807. The fourth-order valence-corrected chi connectivity index (χ4v) is 9.34. The molecule has 8 atom stereocenters. The Bertz CT molecular complexity index is 1370. The van der Waals surface area contributed by atoms with Gasteiger partial charge in [0, 0.05) is 5.41 Å². The molecule has 0 unspecified atom stereocenters. The van der Waals surface area contributed by atoms with Crippen molar-refractivity contribution < 1.29 is 0 Å². The summed E-state index contributed by atoms with van der Waals surface area (Å²) in [4.78, 5) is 0. The van der Waals surface area contributed by atoms with E-state index in [1.807, 2.05) is 6.07 Å². The van der Waals surface area contributed by atoms with Crippen LogP contribution < -0.4 is 0 Å². The second kappa shape index (κ2) is 9.18. The smallest absolute Gasteiger partial charge is 0.192 e. The van der Waals surface area contributed by atoms with Gasteiger partial charge in [-0.25, -0.2) is 0 Å². The van der Waals surface area contributed by atoms with Gasteiger partial charge in [0.15, 0.2) is 5.65 Å². The Labute approximate surface area is 228 Å². The van der Waals surface area contributed by atoms with Gasteiger partial charge in [0.05, 0.1) is 11.3 Å². The van der Waals surface area contributed by atoms with Crippen LogP contribution in [0.25, 0.3) is 11.7 Å². The summed E-state index contributed by atoms with van der Waals surface area (Å²) in [5.41, 5.74) is 5.25. The van der Waals surface area contributed by atoms with E-state index in [1.165, 1.54) is 43.2 Å². The molecule has 5 nitrogen and oxygen atoms in total. The molecule has 2 saturated carbocycles. The largest absolute Gasteiger partial charge is 0.197 e. The monoisotopic (exact) mass is 509 g/mol. The first kappa shape index (κ1) is 25.5. The van der Waals surface area contributed by atoms with E-state index >= 15 is 0 Å². The lowest BCUT2D eigenvalue weighted by molar-refractivity contribution is -0.0175. The first-order valence-electron chi connectivity index (χ1n) is 14.9. The predicted molar refractivity (Wildman–Crippen MR) is 152 cm³/mol. The molecule has 2 heterocycles. The second-order valence-electron chi connectivity index (χ2n) is 13.6. The molecule has 6 rings (SSSR count). The lowest BCUT2D eigenvalue weighted by Crippen LogP contribution is -2.49. The van der Waals surface area contributed by atoms with Gasteiger partial charge in [-0.3, -0.25) is 0 Å². The van der Waals surface area contributed by atoms with Crippen molar-refractivity contribution in [1.29, 1.82) is 5.26 Å². The highest BCUT2D eigenvalue weighted by atomic mass is 15.5. The summed E-state index contributed by atoms with van der Waals surface area (Å²) in [6.45, 7) is 14.6. The Balaban J connectivity index is 1.30. The Morgan fingerprint density at radius 2 is 1.97 bits per heavy atom. The molecule has 4 aliphatic carbocycles. The van der Waals surface area contributed by atoms with Crippen LogP contribution in [0.5, 0.6) is 0 Å². The van der Waals surface area contributed by atoms with Crippen molar-refractivity contribution >= 4 is 11.7 Å². The number of nitrogens with zero attached hydrogens (tertiary/aromatic N) is 5. The summed E-state index contributed by atoms with van der Waals surface area (Å²) in [5.74, 6) is 4.82. The molecule has 2 fully saturated rings. The fourth-order valence-electron chi connectivity index (χ4n) is 9.34. The number of pyridine rings is 1. The van der Waals surface area contributed by atoms with Gasteiger partial charge in [-0.1, -0.05) is 65.8 Å². The van der Waals surface area contributed by atoms with E-state index in [2.05, 4.69) is 93.5 Å². The predicted octanol–water partition coefficient (Wildman–Crippen LogP) is 7.44. The topological polar surface area (TPSA) is 66.9 Å². The maximum absolute atomic E-state index is 9.76. The third-order valence-electron chi connectivity index (χ3n) is 11.6. The van der Waals surface area contributed by atoms with Gasteiger partial charge >= 0.3 is 0 Å². The maximum Gasteiger partial charge on any atom is 0.197 e. The van der Waals surface area contributed by atoms with E-state index in [-0.39, 0.29) is 5.41 Å². The van der Waals surface area contributed by atoms with E-state index in [0.717, 1.165) is 24.0 Å². The number of nitriles is 1. The third-order valence-corrected chi connectivity index (χ3v) is 11.6. The summed E-state index contributed by atoms with van der Waals surface area (Å²) < 4.78 is 1.76.